The van der Waals surface area contributed by atoms with Crippen LogP contribution in [0.4, 0.5) is 0 Å². The van der Waals surface area contributed by atoms with Crippen LogP contribution in [0, 0.1) is 0 Å². The van der Waals surface area contributed by atoms with Gasteiger partial charge in [-0.2, -0.15) is 0 Å². The van der Waals surface area contributed by atoms with Crippen LogP contribution in [-0.4, -0.2) is 50.3 Å². The number of likely N-dealkylation sites (tertiary alicyclic amines) is 1. The summed E-state index contributed by atoms with van der Waals surface area (Å²) in [5, 5.41) is 0.963. The first-order valence-electron chi connectivity index (χ1n) is 12.4. The number of methoxy groups -OCH3 is 2. The number of ether oxygens (including phenoxy) is 2. The number of carbonyl (C=O) groups excluding carboxylic acids is 1. The van der Waals surface area contributed by atoms with Gasteiger partial charge in [0.1, 0.15) is 11.5 Å². The van der Waals surface area contributed by atoms with E-state index in [9.17, 15) is 4.79 Å². The molecule has 4 aromatic rings. The fourth-order valence-electron chi connectivity index (χ4n) is 4.76. The molecule has 0 atom stereocenters. The highest BCUT2D eigenvalue weighted by atomic mass is 32.2. The first kappa shape index (κ1) is 24.9. The Morgan fingerprint density at radius 2 is 1.64 bits per heavy atom. The number of ketones is 1. The summed E-state index contributed by atoms with van der Waals surface area (Å²) in [7, 11) is 3.33. The van der Waals surface area contributed by atoms with E-state index in [0.29, 0.717) is 0 Å². The van der Waals surface area contributed by atoms with Crippen molar-refractivity contribution in [3.8, 4) is 21.9 Å². The van der Waals surface area contributed by atoms with Crippen molar-refractivity contribution < 1.29 is 14.3 Å². The number of thioether (sulfide) groups is 1. The Morgan fingerprint density at radius 3 is 2.39 bits per heavy atom. The fraction of sp³-hybridized carbons (Fsp3) is 0.300. The predicted molar refractivity (Wildman–Crippen MR) is 151 cm³/mol. The second-order valence-electron chi connectivity index (χ2n) is 8.97. The van der Waals surface area contributed by atoms with Crippen LogP contribution in [0.2, 0.25) is 0 Å². The van der Waals surface area contributed by atoms with Gasteiger partial charge in [-0.1, -0.05) is 18.6 Å². The summed E-state index contributed by atoms with van der Waals surface area (Å²) in [6.07, 6.45) is 3.94. The second-order valence-corrected chi connectivity index (χ2v) is 11.2. The summed E-state index contributed by atoms with van der Waals surface area (Å²) < 4.78 is 11.9. The number of hydrogen-bond acceptors (Lipinski definition) is 6. The minimum absolute atomic E-state index is 0.0679. The zero-order chi connectivity index (χ0) is 24.9. The quantitative estimate of drug-likeness (QED) is 0.171. The number of nitrogens with zero attached hydrogens (tertiary/aromatic N) is 1. The summed E-state index contributed by atoms with van der Waals surface area (Å²) in [6.45, 7) is 3.44. The van der Waals surface area contributed by atoms with E-state index < -0.39 is 0 Å². The van der Waals surface area contributed by atoms with E-state index in [1.807, 2.05) is 60.7 Å². The molecule has 0 aliphatic carbocycles. The van der Waals surface area contributed by atoms with Crippen LogP contribution in [-0.2, 0) is 0 Å². The van der Waals surface area contributed by atoms with Gasteiger partial charge in [-0.25, -0.2) is 0 Å². The minimum atomic E-state index is 0.0679. The molecule has 1 saturated heterocycles. The first-order chi connectivity index (χ1) is 17.7. The van der Waals surface area contributed by atoms with Crippen molar-refractivity contribution in [2.45, 2.75) is 24.2 Å². The van der Waals surface area contributed by atoms with Crippen LogP contribution in [0.25, 0.3) is 20.5 Å². The zero-order valence-corrected chi connectivity index (χ0v) is 22.4. The molecule has 0 radical (unpaired) electrons. The SMILES string of the molecule is COc1ccc(-c2sc3cc(OC)ccc3c2C(=O)c2ccccc2SCCN2CCCCC2)cc1. The molecule has 1 aromatic heterocycles. The van der Waals surface area contributed by atoms with Crippen LogP contribution < -0.4 is 9.47 Å². The molecular formula is C30H31NO3S2. The third-order valence-corrected chi connectivity index (χ3v) is 8.98. The molecule has 1 aliphatic rings. The molecule has 5 rings (SSSR count). The number of thiophene rings is 1. The molecular weight excluding hydrogens is 486 g/mol. The molecule has 6 heteroatoms. The highest BCUT2D eigenvalue weighted by Gasteiger charge is 2.24. The molecule has 0 amide bonds. The van der Waals surface area contributed by atoms with Gasteiger partial charge in [-0.15, -0.1) is 23.1 Å². The van der Waals surface area contributed by atoms with Crippen molar-refractivity contribution in [3.63, 3.8) is 0 Å². The predicted octanol–water partition coefficient (Wildman–Crippen LogP) is 7.39. The second kappa shape index (κ2) is 11.5. The maximum atomic E-state index is 14.2. The smallest absolute Gasteiger partial charge is 0.196 e. The largest absolute Gasteiger partial charge is 0.497 e. The highest BCUT2D eigenvalue weighted by Crippen LogP contribution is 2.42. The zero-order valence-electron chi connectivity index (χ0n) is 20.8. The lowest BCUT2D eigenvalue weighted by molar-refractivity contribution is 0.103. The summed E-state index contributed by atoms with van der Waals surface area (Å²) in [4.78, 5) is 18.8. The van der Waals surface area contributed by atoms with E-state index in [1.165, 1.54) is 32.4 Å². The molecule has 186 valence electrons. The van der Waals surface area contributed by atoms with Crippen molar-refractivity contribution in [2.75, 3.05) is 39.6 Å². The summed E-state index contributed by atoms with van der Waals surface area (Å²) in [5.74, 6) is 2.64. The molecule has 4 nitrogen and oxygen atoms in total. The number of piperidine rings is 1. The van der Waals surface area contributed by atoms with Gasteiger partial charge in [0, 0.05) is 43.3 Å². The monoisotopic (exact) mass is 517 g/mol. The first-order valence-corrected chi connectivity index (χ1v) is 14.2. The van der Waals surface area contributed by atoms with Crippen molar-refractivity contribution in [1.82, 2.24) is 4.90 Å². The van der Waals surface area contributed by atoms with Gasteiger partial charge in [-0.3, -0.25) is 4.79 Å². The molecule has 0 N–H and O–H groups in total. The lowest BCUT2D eigenvalue weighted by Gasteiger charge is -2.26. The van der Waals surface area contributed by atoms with Crippen LogP contribution in [0.3, 0.4) is 0 Å². The Kier molecular flexibility index (Phi) is 7.95. The van der Waals surface area contributed by atoms with E-state index in [2.05, 4.69) is 11.0 Å². The van der Waals surface area contributed by atoms with Gasteiger partial charge in [0.05, 0.1) is 14.2 Å². The Hall–Kier alpha value is -2.80. The molecule has 0 saturated carbocycles. The number of rotatable bonds is 9. The van der Waals surface area contributed by atoms with E-state index in [4.69, 9.17) is 9.47 Å². The normalized spacial score (nSPS) is 14.2. The maximum absolute atomic E-state index is 14.2. The third kappa shape index (κ3) is 5.31. The van der Waals surface area contributed by atoms with Gasteiger partial charge in [0.2, 0.25) is 0 Å². The summed E-state index contributed by atoms with van der Waals surface area (Å²) in [6, 6.07) is 21.9. The van der Waals surface area contributed by atoms with E-state index in [-0.39, 0.29) is 5.78 Å². The third-order valence-electron chi connectivity index (χ3n) is 6.72. The maximum Gasteiger partial charge on any atom is 0.196 e. The molecule has 1 aliphatic heterocycles. The number of hydrogen-bond donors (Lipinski definition) is 0. The van der Waals surface area contributed by atoms with Crippen LogP contribution >= 0.6 is 23.1 Å². The number of fused-ring (bicyclic) bond motifs is 1. The Bertz CT molecular complexity index is 1340. The van der Waals surface area contributed by atoms with Crippen molar-refractivity contribution >= 4 is 39.0 Å². The van der Waals surface area contributed by atoms with Crippen molar-refractivity contribution in [1.29, 1.82) is 0 Å². The van der Waals surface area contributed by atoms with Crippen LogP contribution in [0.15, 0.2) is 71.6 Å². The summed E-state index contributed by atoms with van der Waals surface area (Å²) >= 11 is 3.42. The highest BCUT2D eigenvalue weighted by molar-refractivity contribution is 7.99. The fourth-order valence-corrected chi connectivity index (χ4v) is 7.05. The van der Waals surface area contributed by atoms with Gasteiger partial charge in [0.25, 0.3) is 0 Å². The lowest BCUT2D eigenvalue weighted by atomic mass is 9.97. The average molecular weight is 518 g/mol. The summed E-state index contributed by atoms with van der Waals surface area (Å²) in [5.41, 5.74) is 2.54. The number of carbonyl (C=O) groups is 1. The Labute approximate surface area is 221 Å². The average Bonchev–Trinajstić information content (AvgIpc) is 3.32. The topological polar surface area (TPSA) is 38.8 Å². The van der Waals surface area contributed by atoms with Crippen molar-refractivity contribution in [3.05, 3.63) is 77.9 Å². The molecule has 2 heterocycles. The van der Waals surface area contributed by atoms with Crippen LogP contribution in [0.5, 0.6) is 11.5 Å². The Morgan fingerprint density at radius 1 is 0.917 bits per heavy atom. The lowest BCUT2D eigenvalue weighted by Crippen LogP contribution is -2.31. The van der Waals surface area contributed by atoms with Crippen LogP contribution in [0.1, 0.15) is 35.2 Å². The standard InChI is InChI=1S/C30H31NO3S2/c1-33-22-12-10-21(11-13-22)30-28(24-15-14-23(34-2)20-27(24)36-30)29(32)25-8-4-5-9-26(25)35-19-18-31-16-6-3-7-17-31/h4-5,8-15,20H,3,6-7,16-19H2,1-2H3. The van der Waals surface area contributed by atoms with E-state index in [1.54, 1.807) is 37.3 Å². The van der Waals surface area contributed by atoms with Gasteiger partial charge >= 0.3 is 0 Å². The molecule has 0 unspecified atom stereocenters. The Balaban J connectivity index is 1.50. The van der Waals surface area contributed by atoms with Gasteiger partial charge < -0.3 is 14.4 Å². The minimum Gasteiger partial charge on any atom is -0.497 e. The molecule has 0 bridgehead atoms. The van der Waals surface area contributed by atoms with Gasteiger partial charge in [-0.05, 0) is 86.1 Å². The molecule has 0 spiro atoms. The number of benzene rings is 3. The van der Waals surface area contributed by atoms with E-state index >= 15 is 0 Å². The molecule has 3 aromatic carbocycles. The molecule has 36 heavy (non-hydrogen) atoms. The van der Waals surface area contributed by atoms with E-state index in [0.717, 1.165) is 60.3 Å². The molecule has 1 fully saturated rings. The van der Waals surface area contributed by atoms with Crippen molar-refractivity contribution in [2.24, 2.45) is 0 Å². The van der Waals surface area contributed by atoms with Gasteiger partial charge in [0.15, 0.2) is 5.78 Å².